The van der Waals surface area contributed by atoms with Crippen LogP contribution in [0.15, 0.2) is 0 Å². The van der Waals surface area contributed by atoms with Gasteiger partial charge in [0.05, 0.1) is 5.75 Å². The van der Waals surface area contributed by atoms with Gasteiger partial charge < -0.3 is 15.3 Å². The summed E-state index contributed by atoms with van der Waals surface area (Å²) in [6.45, 7) is 3.80. The Balaban J connectivity index is 4.00. The van der Waals surface area contributed by atoms with E-state index in [4.69, 9.17) is 5.11 Å². The zero-order chi connectivity index (χ0) is 13.4. The van der Waals surface area contributed by atoms with Crippen LogP contribution in [-0.2, 0) is 14.4 Å². The number of thioether (sulfide) groups is 1. The predicted octanol–water partition coefficient (Wildman–Crippen LogP) is -0.214. The Morgan fingerprint density at radius 3 is 2.47 bits per heavy atom. The van der Waals surface area contributed by atoms with Gasteiger partial charge in [-0.1, -0.05) is 0 Å². The summed E-state index contributed by atoms with van der Waals surface area (Å²) in [5, 5.41) is 10.9. The Morgan fingerprint density at radius 1 is 1.47 bits per heavy atom. The van der Waals surface area contributed by atoms with Gasteiger partial charge >= 0.3 is 5.97 Å². The Kier molecular flexibility index (Phi) is 7.36. The van der Waals surface area contributed by atoms with Crippen LogP contribution in [0.2, 0.25) is 0 Å². The molecule has 1 atom stereocenters. The van der Waals surface area contributed by atoms with Crippen molar-refractivity contribution in [3.8, 4) is 0 Å². The van der Waals surface area contributed by atoms with Crippen molar-refractivity contribution in [3.05, 3.63) is 0 Å². The lowest BCUT2D eigenvalue weighted by Crippen LogP contribution is -2.39. The molecule has 0 bridgehead atoms. The second-order valence-corrected chi connectivity index (χ2v) is 4.82. The number of carbonyl (C=O) groups is 3. The average Bonchev–Trinajstić information content (AvgIpc) is 2.26. The van der Waals surface area contributed by atoms with E-state index in [1.54, 1.807) is 11.9 Å². The van der Waals surface area contributed by atoms with Gasteiger partial charge in [0.2, 0.25) is 12.3 Å². The van der Waals surface area contributed by atoms with Crippen LogP contribution in [0.3, 0.4) is 0 Å². The molecule has 2 amide bonds. The molecule has 0 aromatic heterocycles. The predicted molar refractivity (Wildman–Crippen MR) is 65.9 cm³/mol. The third-order valence-corrected chi connectivity index (χ3v) is 3.27. The van der Waals surface area contributed by atoms with Crippen molar-refractivity contribution in [2.45, 2.75) is 25.9 Å². The summed E-state index contributed by atoms with van der Waals surface area (Å²) in [4.78, 5) is 34.0. The number of amides is 2. The fourth-order valence-electron chi connectivity index (χ4n) is 0.927. The zero-order valence-corrected chi connectivity index (χ0v) is 11.0. The molecule has 1 unspecified atom stereocenters. The molecule has 0 aromatic rings. The number of nitrogens with zero attached hydrogens (tertiary/aromatic N) is 1. The number of hydrogen-bond acceptors (Lipinski definition) is 4. The maximum absolute atomic E-state index is 11.6. The summed E-state index contributed by atoms with van der Waals surface area (Å²) < 4.78 is 0. The van der Waals surface area contributed by atoms with Crippen molar-refractivity contribution in [1.29, 1.82) is 0 Å². The summed E-state index contributed by atoms with van der Waals surface area (Å²) in [5.41, 5.74) is 0. The van der Waals surface area contributed by atoms with Gasteiger partial charge in [-0.15, -0.1) is 11.8 Å². The fourth-order valence-corrected chi connectivity index (χ4v) is 1.90. The van der Waals surface area contributed by atoms with E-state index in [0.29, 0.717) is 6.41 Å². The number of hydrogen-bond donors (Lipinski definition) is 2. The number of nitrogens with one attached hydrogen (secondary N) is 1. The van der Waals surface area contributed by atoms with Crippen molar-refractivity contribution in [2.75, 3.05) is 18.6 Å². The summed E-state index contributed by atoms with van der Waals surface area (Å²) in [7, 11) is 1.70. The van der Waals surface area contributed by atoms with Gasteiger partial charge in [0, 0.05) is 18.8 Å². The van der Waals surface area contributed by atoms with Crippen LogP contribution >= 0.6 is 11.8 Å². The van der Waals surface area contributed by atoms with Crippen molar-refractivity contribution in [3.63, 3.8) is 0 Å². The molecule has 7 heteroatoms. The van der Waals surface area contributed by atoms with E-state index in [1.807, 2.05) is 13.8 Å². The van der Waals surface area contributed by atoms with Crippen LogP contribution < -0.4 is 5.32 Å². The lowest BCUT2D eigenvalue weighted by Gasteiger charge is -2.21. The molecule has 0 aliphatic heterocycles. The number of rotatable bonds is 8. The summed E-state index contributed by atoms with van der Waals surface area (Å²) >= 11 is 1.19. The smallest absolute Gasteiger partial charge is 0.327 e. The Bertz CT molecular complexity index is 283. The maximum Gasteiger partial charge on any atom is 0.327 e. The molecular weight excluding hydrogens is 244 g/mol. The number of carbonyl (C=O) groups excluding carboxylic acids is 2. The van der Waals surface area contributed by atoms with Crippen LogP contribution in [0.4, 0.5) is 0 Å². The van der Waals surface area contributed by atoms with Crippen molar-refractivity contribution in [2.24, 2.45) is 0 Å². The van der Waals surface area contributed by atoms with Crippen LogP contribution in [0.25, 0.3) is 0 Å². The normalized spacial score (nSPS) is 12.0. The highest BCUT2D eigenvalue weighted by Gasteiger charge is 2.18. The zero-order valence-electron chi connectivity index (χ0n) is 10.2. The van der Waals surface area contributed by atoms with Crippen molar-refractivity contribution < 1.29 is 19.5 Å². The van der Waals surface area contributed by atoms with Gasteiger partial charge in [-0.05, 0) is 13.8 Å². The average molecular weight is 262 g/mol. The highest BCUT2D eigenvalue weighted by molar-refractivity contribution is 8.00. The lowest BCUT2D eigenvalue weighted by atomic mass is 10.3. The minimum Gasteiger partial charge on any atom is -0.480 e. The first-order valence-electron chi connectivity index (χ1n) is 5.16. The van der Waals surface area contributed by atoms with E-state index in [9.17, 15) is 14.4 Å². The van der Waals surface area contributed by atoms with Gasteiger partial charge in [-0.2, -0.15) is 0 Å². The van der Waals surface area contributed by atoms with Crippen LogP contribution in [0.1, 0.15) is 13.8 Å². The molecule has 0 aliphatic carbocycles. The quantitative estimate of drug-likeness (QED) is 0.591. The van der Waals surface area contributed by atoms with Gasteiger partial charge in [0.25, 0.3) is 0 Å². The first-order chi connectivity index (χ1) is 7.90. The number of aliphatic carboxylic acids is 1. The molecule has 0 spiro atoms. The van der Waals surface area contributed by atoms with Gasteiger partial charge in [-0.3, -0.25) is 9.59 Å². The number of carboxylic acids is 1. The standard InChI is InChI=1S/C10H18N2O4S/c1-7(2)12(3)9(14)5-17-4-8(10(15)16)11-6-13/h6-8H,4-5H2,1-3H3,(H,11,13)(H,15,16). The van der Waals surface area contributed by atoms with E-state index in [-0.39, 0.29) is 23.5 Å². The third kappa shape index (κ3) is 6.15. The SMILES string of the molecule is CC(C)N(C)C(=O)CSCC(NC=O)C(=O)O. The molecule has 0 saturated carbocycles. The molecule has 0 aromatic carbocycles. The Hall–Kier alpha value is -1.24. The molecule has 98 valence electrons. The monoisotopic (exact) mass is 262 g/mol. The van der Waals surface area contributed by atoms with Gasteiger partial charge in [0.15, 0.2) is 0 Å². The second kappa shape index (κ2) is 7.94. The van der Waals surface area contributed by atoms with Crippen molar-refractivity contribution in [1.82, 2.24) is 10.2 Å². The van der Waals surface area contributed by atoms with E-state index < -0.39 is 12.0 Å². The first-order valence-corrected chi connectivity index (χ1v) is 6.31. The summed E-state index contributed by atoms with van der Waals surface area (Å²) in [6.07, 6.45) is 0.349. The fraction of sp³-hybridized carbons (Fsp3) is 0.700. The topological polar surface area (TPSA) is 86.7 Å². The molecule has 6 nitrogen and oxygen atoms in total. The van der Waals surface area contributed by atoms with Crippen LogP contribution in [0.5, 0.6) is 0 Å². The van der Waals surface area contributed by atoms with E-state index in [0.717, 1.165) is 0 Å². The van der Waals surface area contributed by atoms with Crippen LogP contribution in [0, 0.1) is 0 Å². The molecule has 0 saturated heterocycles. The molecular formula is C10H18N2O4S. The molecule has 0 rings (SSSR count). The van der Waals surface area contributed by atoms with Gasteiger partial charge in [-0.25, -0.2) is 4.79 Å². The van der Waals surface area contributed by atoms with E-state index in [2.05, 4.69) is 5.32 Å². The molecule has 0 aliphatic rings. The second-order valence-electron chi connectivity index (χ2n) is 3.79. The molecule has 0 radical (unpaired) electrons. The maximum atomic E-state index is 11.6. The lowest BCUT2D eigenvalue weighted by molar-refractivity contribution is -0.139. The highest BCUT2D eigenvalue weighted by atomic mass is 32.2. The minimum absolute atomic E-state index is 0.0553. The summed E-state index contributed by atoms with van der Waals surface area (Å²) in [6, 6.07) is -0.832. The molecule has 17 heavy (non-hydrogen) atoms. The first kappa shape index (κ1) is 15.8. The van der Waals surface area contributed by atoms with Crippen molar-refractivity contribution >= 4 is 30.0 Å². The minimum atomic E-state index is -1.10. The third-order valence-electron chi connectivity index (χ3n) is 2.25. The van der Waals surface area contributed by atoms with E-state index in [1.165, 1.54) is 11.8 Å². The van der Waals surface area contributed by atoms with E-state index >= 15 is 0 Å². The highest BCUT2D eigenvalue weighted by Crippen LogP contribution is 2.06. The summed E-state index contributed by atoms with van der Waals surface area (Å²) in [5.74, 6) is -0.778. The molecule has 0 fully saturated rings. The Morgan fingerprint density at radius 2 is 2.06 bits per heavy atom. The number of carboxylic acid groups (broad SMARTS) is 1. The van der Waals surface area contributed by atoms with Gasteiger partial charge in [0.1, 0.15) is 6.04 Å². The largest absolute Gasteiger partial charge is 0.480 e. The Labute approximate surface area is 105 Å². The molecule has 0 heterocycles. The van der Waals surface area contributed by atoms with Crippen LogP contribution in [-0.4, -0.2) is 58.9 Å². The molecule has 2 N–H and O–H groups in total.